The highest BCUT2D eigenvalue weighted by atomic mass is 16.6. The number of carbonyl (C=O) groups excluding carboxylic acids is 4. The normalized spacial score (nSPS) is 12.1. The van der Waals surface area contributed by atoms with Crippen LogP contribution >= 0.6 is 0 Å². The minimum absolute atomic E-state index is 0.142. The Balaban J connectivity index is 2.61. The number of carbonyl (C=O) groups is 4. The Kier molecular flexibility index (Phi) is 9.63. The average molecular weight is 488 g/mol. The lowest BCUT2D eigenvalue weighted by atomic mass is 9.89. The molecule has 0 aliphatic rings. The topological polar surface area (TPSA) is 124 Å². The smallest absolute Gasteiger partial charge is 0.308 e. The molecule has 0 spiro atoms. The van der Waals surface area contributed by atoms with Crippen molar-refractivity contribution in [3.05, 3.63) is 47.5 Å². The zero-order valence-corrected chi connectivity index (χ0v) is 20.4. The summed E-state index contributed by atoms with van der Waals surface area (Å²) >= 11 is 0. The van der Waals surface area contributed by atoms with Crippen LogP contribution in [0, 0.1) is 0 Å². The van der Waals surface area contributed by atoms with E-state index >= 15 is 0 Å². The summed E-state index contributed by atoms with van der Waals surface area (Å²) in [5, 5.41) is 0. The molecule has 188 valence electrons. The highest BCUT2D eigenvalue weighted by Crippen LogP contribution is 2.41. The second kappa shape index (κ2) is 12.4. The van der Waals surface area contributed by atoms with E-state index in [1.54, 1.807) is 24.3 Å². The highest BCUT2D eigenvalue weighted by molar-refractivity contribution is 5.71. The van der Waals surface area contributed by atoms with Crippen LogP contribution in [0.5, 0.6) is 23.0 Å². The first-order valence-electron chi connectivity index (χ1n) is 10.6. The number of ether oxygens (including phenoxy) is 6. The minimum Gasteiger partial charge on any atom is -0.493 e. The predicted octanol–water partition coefficient (Wildman–Crippen LogP) is 3.51. The zero-order chi connectivity index (χ0) is 26.1. The van der Waals surface area contributed by atoms with E-state index in [9.17, 15) is 19.2 Å². The molecule has 0 N–H and O–H groups in total. The molecule has 10 heteroatoms. The largest absolute Gasteiger partial charge is 0.493 e. The SMILES string of the molecule is COc1cc([C@@H](COC(C)=O)[C@@H](OC(C)=O)c2ccc(OC(C)=O)c(OC)c2)ccc1OC(C)=O. The summed E-state index contributed by atoms with van der Waals surface area (Å²) in [6.45, 7) is 4.90. The molecular formula is C25H28O10. The summed E-state index contributed by atoms with van der Waals surface area (Å²) in [6, 6.07) is 9.48. The van der Waals surface area contributed by atoms with Crippen LogP contribution in [-0.4, -0.2) is 44.7 Å². The highest BCUT2D eigenvalue weighted by Gasteiger charge is 2.31. The summed E-state index contributed by atoms with van der Waals surface area (Å²) in [4.78, 5) is 46.5. The van der Waals surface area contributed by atoms with E-state index in [-0.39, 0.29) is 29.6 Å². The molecule has 0 aliphatic heterocycles. The van der Waals surface area contributed by atoms with Crippen molar-refractivity contribution < 1.29 is 47.6 Å². The minimum atomic E-state index is -0.934. The molecule has 0 amide bonds. The third-order valence-corrected chi connectivity index (χ3v) is 4.76. The Bertz CT molecular complexity index is 1090. The molecule has 0 heterocycles. The van der Waals surface area contributed by atoms with Gasteiger partial charge in [-0.3, -0.25) is 19.2 Å². The van der Waals surface area contributed by atoms with E-state index in [1.807, 2.05) is 0 Å². The van der Waals surface area contributed by atoms with Gasteiger partial charge in [-0.05, 0) is 35.4 Å². The van der Waals surface area contributed by atoms with Crippen LogP contribution in [0.2, 0.25) is 0 Å². The first kappa shape index (κ1) is 27.2. The second-order valence-corrected chi connectivity index (χ2v) is 7.45. The van der Waals surface area contributed by atoms with Gasteiger partial charge in [0.2, 0.25) is 0 Å². The van der Waals surface area contributed by atoms with E-state index < -0.39 is 35.9 Å². The van der Waals surface area contributed by atoms with E-state index in [0.29, 0.717) is 11.1 Å². The molecule has 0 aliphatic carbocycles. The van der Waals surface area contributed by atoms with Gasteiger partial charge in [0.25, 0.3) is 0 Å². The van der Waals surface area contributed by atoms with Gasteiger partial charge >= 0.3 is 23.9 Å². The molecule has 0 fully saturated rings. The Morgan fingerprint density at radius 1 is 0.657 bits per heavy atom. The van der Waals surface area contributed by atoms with Crippen molar-refractivity contribution in [2.45, 2.75) is 39.7 Å². The third kappa shape index (κ3) is 7.73. The summed E-state index contributed by atoms with van der Waals surface area (Å²) in [7, 11) is 2.82. The van der Waals surface area contributed by atoms with Crippen molar-refractivity contribution in [3.8, 4) is 23.0 Å². The van der Waals surface area contributed by atoms with Gasteiger partial charge in [-0.15, -0.1) is 0 Å². The van der Waals surface area contributed by atoms with Gasteiger partial charge < -0.3 is 28.4 Å². The molecular weight excluding hydrogens is 460 g/mol. The second-order valence-electron chi connectivity index (χ2n) is 7.45. The molecule has 0 unspecified atom stereocenters. The Morgan fingerprint density at radius 3 is 1.57 bits per heavy atom. The van der Waals surface area contributed by atoms with E-state index in [2.05, 4.69) is 0 Å². The Hall–Kier alpha value is -4.08. The molecule has 2 rings (SSSR count). The van der Waals surface area contributed by atoms with Crippen LogP contribution in [0.25, 0.3) is 0 Å². The molecule has 2 atom stereocenters. The van der Waals surface area contributed by atoms with Gasteiger partial charge in [-0.25, -0.2) is 0 Å². The number of rotatable bonds is 10. The van der Waals surface area contributed by atoms with Crippen molar-refractivity contribution in [3.63, 3.8) is 0 Å². The fourth-order valence-corrected chi connectivity index (χ4v) is 3.38. The lowest BCUT2D eigenvalue weighted by Gasteiger charge is -2.28. The maximum absolute atomic E-state index is 12.1. The van der Waals surface area contributed by atoms with Crippen LogP contribution in [0.1, 0.15) is 50.8 Å². The number of hydrogen-bond acceptors (Lipinski definition) is 10. The van der Waals surface area contributed by atoms with Crippen LogP contribution in [0.3, 0.4) is 0 Å². The fourth-order valence-electron chi connectivity index (χ4n) is 3.38. The molecule has 10 nitrogen and oxygen atoms in total. The number of benzene rings is 2. The maximum Gasteiger partial charge on any atom is 0.308 e. The number of esters is 4. The first-order valence-corrected chi connectivity index (χ1v) is 10.6. The maximum atomic E-state index is 12.1. The van der Waals surface area contributed by atoms with Crippen molar-refractivity contribution in [1.82, 2.24) is 0 Å². The lowest BCUT2D eigenvalue weighted by Crippen LogP contribution is -2.23. The van der Waals surface area contributed by atoms with Crippen molar-refractivity contribution in [2.24, 2.45) is 0 Å². The zero-order valence-electron chi connectivity index (χ0n) is 20.4. The average Bonchev–Trinajstić information content (AvgIpc) is 2.78. The summed E-state index contributed by atoms with van der Waals surface area (Å²) in [5.74, 6) is -1.95. The number of hydrogen-bond donors (Lipinski definition) is 0. The Morgan fingerprint density at radius 2 is 1.14 bits per heavy atom. The van der Waals surface area contributed by atoms with E-state index in [4.69, 9.17) is 28.4 Å². The number of methoxy groups -OCH3 is 2. The fraction of sp³-hybridized carbons (Fsp3) is 0.360. The molecule has 0 saturated carbocycles. The summed E-state index contributed by atoms with van der Waals surface area (Å²) in [5.41, 5.74) is 1.07. The van der Waals surface area contributed by atoms with Crippen LogP contribution < -0.4 is 18.9 Å². The molecule has 0 radical (unpaired) electrons. The summed E-state index contributed by atoms with van der Waals surface area (Å²) < 4.78 is 32.0. The van der Waals surface area contributed by atoms with Crippen molar-refractivity contribution in [2.75, 3.05) is 20.8 Å². The standard InChI is InChI=1S/C25H28O10/c1-14(26)32-13-20(18-7-9-21(33-15(2)27)23(11-18)30-5)25(35-17(4)29)19-8-10-22(34-16(3)28)24(12-19)31-6/h7-12,20,25H,13H2,1-6H3/t20-,25+/m1/s1. The third-order valence-electron chi connectivity index (χ3n) is 4.76. The Labute approximate surface area is 203 Å². The monoisotopic (exact) mass is 488 g/mol. The van der Waals surface area contributed by atoms with Gasteiger partial charge in [0, 0.05) is 27.7 Å². The van der Waals surface area contributed by atoms with Gasteiger partial charge in [0.05, 0.1) is 20.1 Å². The molecule has 2 aromatic rings. The first-order chi connectivity index (χ1) is 16.5. The lowest BCUT2D eigenvalue weighted by molar-refractivity contribution is -0.150. The molecule has 35 heavy (non-hydrogen) atoms. The van der Waals surface area contributed by atoms with Crippen LogP contribution in [0.4, 0.5) is 0 Å². The van der Waals surface area contributed by atoms with Crippen LogP contribution in [0.15, 0.2) is 36.4 Å². The van der Waals surface area contributed by atoms with Gasteiger partial charge in [-0.1, -0.05) is 12.1 Å². The molecule has 0 bridgehead atoms. The van der Waals surface area contributed by atoms with E-state index in [1.165, 1.54) is 54.0 Å². The molecule has 0 saturated heterocycles. The van der Waals surface area contributed by atoms with Gasteiger partial charge in [-0.2, -0.15) is 0 Å². The summed E-state index contributed by atoms with van der Waals surface area (Å²) in [6.07, 6.45) is -0.934. The van der Waals surface area contributed by atoms with Crippen molar-refractivity contribution in [1.29, 1.82) is 0 Å². The van der Waals surface area contributed by atoms with Gasteiger partial charge in [0.15, 0.2) is 23.0 Å². The molecule has 2 aromatic carbocycles. The van der Waals surface area contributed by atoms with Gasteiger partial charge in [0.1, 0.15) is 12.7 Å². The van der Waals surface area contributed by atoms with E-state index in [0.717, 1.165) is 0 Å². The molecule has 0 aromatic heterocycles. The quantitative estimate of drug-likeness (QED) is 0.362. The predicted molar refractivity (Wildman–Crippen MR) is 122 cm³/mol. The van der Waals surface area contributed by atoms with Crippen LogP contribution in [-0.2, 0) is 28.7 Å². The van der Waals surface area contributed by atoms with Crippen molar-refractivity contribution >= 4 is 23.9 Å².